The molecular weight excluding hydrogens is 314 g/mol. The Morgan fingerprint density at radius 1 is 1.00 bits per heavy atom. The van der Waals surface area contributed by atoms with E-state index in [2.05, 4.69) is 24.4 Å². The van der Waals surface area contributed by atoms with Gasteiger partial charge in [0.25, 0.3) is 0 Å². The highest BCUT2D eigenvalue weighted by Crippen LogP contribution is 2.23. The van der Waals surface area contributed by atoms with Crippen molar-refractivity contribution in [1.82, 2.24) is 5.32 Å². The number of rotatable bonds is 8. The molecule has 1 unspecified atom stereocenters. The fraction of sp³-hybridized carbons (Fsp3) is 0.333. The molecule has 0 aliphatic carbocycles. The smallest absolute Gasteiger partial charge is 0.315 e. The van der Waals surface area contributed by atoms with Crippen LogP contribution in [0.2, 0.25) is 0 Å². The molecule has 4 heteroatoms. The predicted octanol–water partition coefficient (Wildman–Crippen LogP) is 3.34. The highest BCUT2D eigenvalue weighted by atomic mass is 16.4. The van der Waals surface area contributed by atoms with Crippen molar-refractivity contribution in [2.45, 2.75) is 38.5 Å². The normalized spacial score (nSPS) is 13.0. The highest BCUT2D eigenvalue weighted by molar-refractivity contribution is 5.83. The first-order valence-corrected chi connectivity index (χ1v) is 8.59. The molecule has 132 valence electrons. The number of carboxylic acid groups (broad SMARTS) is 1. The van der Waals surface area contributed by atoms with Crippen LogP contribution in [0.15, 0.2) is 54.6 Å². The quantitative estimate of drug-likeness (QED) is 0.775. The second-order valence-corrected chi connectivity index (χ2v) is 6.45. The monoisotopic (exact) mass is 339 g/mol. The maximum absolute atomic E-state index is 12.1. The molecule has 1 amide bonds. The van der Waals surface area contributed by atoms with Crippen LogP contribution in [0.4, 0.5) is 0 Å². The number of hydrogen-bond acceptors (Lipinski definition) is 2. The summed E-state index contributed by atoms with van der Waals surface area (Å²) in [7, 11) is 0. The average Bonchev–Trinajstić information content (AvgIpc) is 2.65. The highest BCUT2D eigenvalue weighted by Gasteiger charge is 2.35. The van der Waals surface area contributed by atoms with E-state index in [4.69, 9.17) is 0 Å². The van der Waals surface area contributed by atoms with Gasteiger partial charge in [-0.2, -0.15) is 0 Å². The third-order valence-corrected chi connectivity index (χ3v) is 4.59. The summed E-state index contributed by atoms with van der Waals surface area (Å²) in [5.41, 5.74) is 1.92. The van der Waals surface area contributed by atoms with Crippen LogP contribution in [0.1, 0.15) is 37.0 Å². The van der Waals surface area contributed by atoms with E-state index in [0.29, 0.717) is 18.4 Å². The minimum atomic E-state index is -1.14. The van der Waals surface area contributed by atoms with E-state index in [1.165, 1.54) is 5.56 Å². The molecule has 0 aliphatic rings. The van der Waals surface area contributed by atoms with Crippen molar-refractivity contribution in [3.05, 3.63) is 71.3 Å². The molecule has 0 radical (unpaired) electrons. The zero-order valence-corrected chi connectivity index (χ0v) is 14.8. The van der Waals surface area contributed by atoms with Crippen LogP contribution in [0.3, 0.4) is 0 Å². The van der Waals surface area contributed by atoms with Gasteiger partial charge in [-0.1, -0.05) is 61.5 Å². The number of benzene rings is 2. The molecule has 0 aliphatic heterocycles. The zero-order valence-electron chi connectivity index (χ0n) is 14.8. The second kappa shape index (κ2) is 8.47. The lowest BCUT2D eigenvalue weighted by atomic mass is 9.82. The first-order chi connectivity index (χ1) is 12.0. The lowest BCUT2D eigenvalue weighted by Gasteiger charge is -2.25. The molecule has 1 atom stereocenters. The van der Waals surface area contributed by atoms with Gasteiger partial charge in [0.05, 0.1) is 0 Å². The standard InChI is InChI=1S/C21H25NO3/c1-3-16-9-11-17(12-10-16)13-14-19(23)22-15-21(2,20(24)25)18-7-5-4-6-8-18/h4-12H,3,13-15H2,1-2H3,(H,22,23)(H,24,25). The molecule has 0 saturated heterocycles. The molecule has 2 aromatic rings. The number of nitrogens with one attached hydrogen (secondary N) is 1. The predicted molar refractivity (Wildman–Crippen MR) is 98.6 cm³/mol. The minimum absolute atomic E-state index is 0.0694. The summed E-state index contributed by atoms with van der Waals surface area (Å²) in [5, 5.41) is 12.4. The van der Waals surface area contributed by atoms with Crippen LogP contribution < -0.4 is 5.32 Å². The van der Waals surface area contributed by atoms with Crippen LogP contribution in [-0.4, -0.2) is 23.5 Å². The molecule has 0 heterocycles. The summed E-state index contributed by atoms with van der Waals surface area (Å²) in [5.74, 6) is -1.09. The van der Waals surface area contributed by atoms with E-state index in [-0.39, 0.29) is 12.5 Å². The van der Waals surface area contributed by atoms with E-state index in [9.17, 15) is 14.7 Å². The van der Waals surface area contributed by atoms with E-state index >= 15 is 0 Å². The Bertz CT molecular complexity index is 710. The number of carbonyl (C=O) groups is 2. The van der Waals surface area contributed by atoms with Crippen molar-refractivity contribution in [3.8, 4) is 0 Å². The summed E-state index contributed by atoms with van der Waals surface area (Å²) in [6, 6.07) is 17.2. The van der Waals surface area contributed by atoms with Crippen molar-refractivity contribution in [1.29, 1.82) is 0 Å². The third kappa shape index (κ3) is 4.92. The van der Waals surface area contributed by atoms with Gasteiger partial charge in [0.15, 0.2) is 0 Å². The lowest BCUT2D eigenvalue weighted by molar-refractivity contribution is -0.143. The first-order valence-electron chi connectivity index (χ1n) is 8.59. The first kappa shape index (κ1) is 18.7. The Morgan fingerprint density at radius 2 is 1.60 bits per heavy atom. The molecule has 0 aromatic heterocycles. The molecule has 0 saturated carbocycles. The van der Waals surface area contributed by atoms with Gasteiger partial charge in [-0.05, 0) is 36.5 Å². The number of amides is 1. The van der Waals surface area contributed by atoms with Crippen molar-refractivity contribution >= 4 is 11.9 Å². The van der Waals surface area contributed by atoms with Crippen LogP contribution in [0.5, 0.6) is 0 Å². The zero-order chi connectivity index (χ0) is 18.3. The number of aliphatic carboxylic acids is 1. The van der Waals surface area contributed by atoms with E-state index in [1.54, 1.807) is 31.2 Å². The Kier molecular flexibility index (Phi) is 6.34. The SMILES string of the molecule is CCc1ccc(CCC(=O)NCC(C)(C(=O)O)c2ccccc2)cc1. The van der Waals surface area contributed by atoms with Gasteiger partial charge in [0.2, 0.25) is 5.91 Å². The largest absolute Gasteiger partial charge is 0.481 e. The van der Waals surface area contributed by atoms with Gasteiger partial charge in [-0.3, -0.25) is 9.59 Å². The van der Waals surface area contributed by atoms with Gasteiger partial charge in [-0.15, -0.1) is 0 Å². The van der Waals surface area contributed by atoms with Crippen molar-refractivity contribution in [2.75, 3.05) is 6.54 Å². The third-order valence-electron chi connectivity index (χ3n) is 4.59. The van der Waals surface area contributed by atoms with Crippen LogP contribution >= 0.6 is 0 Å². The summed E-state index contributed by atoms with van der Waals surface area (Å²) >= 11 is 0. The number of carboxylic acids is 1. The molecule has 0 fully saturated rings. The Balaban J connectivity index is 1.91. The van der Waals surface area contributed by atoms with Gasteiger partial charge in [-0.25, -0.2) is 0 Å². The van der Waals surface area contributed by atoms with Crippen molar-refractivity contribution < 1.29 is 14.7 Å². The van der Waals surface area contributed by atoms with Gasteiger partial charge in [0, 0.05) is 13.0 Å². The molecule has 2 aromatic carbocycles. The summed E-state index contributed by atoms with van der Waals surface area (Å²) in [4.78, 5) is 23.9. The van der Waals surface area contributed by atoms with E-state index in [0.717, 1.165) is 12.0 Å². The van der Waals surface area contributed by atoms with Crippen molar-refractivity contribution in [2.24, 2.45) is 0 Å². The molecule has 0 bridgehead atoms. The maximum Gasteiger partial charge on any atom is 0.315 e. The Labute approximate surface area is 148 Å². The molecule has 2 N–H and O–H groups in total. The fourth-order valence-corrected chi connectivity index (χ4v) is 2.67. The topological polar surface area (TPSA) is 66.4 Å². The second-order valence-electron chi connectivity index (χ2n) is 6.45. The number of carbonyl (C=O) groups excluding carboxylic acids is 1. The van der Waals surface area contributed by atoms with Crippen LogP contribution in [0.25, 0.3) is 0 Å². The summed E-state index contributed by atoms with van der Waals surface area (Å²) in [6.07, 6.45) is 1.98. The fourth-order valence-electron chi connectivity index (χ4n) is 2.67. The molecule has 4 nitrogen and oxygen atoms in total. The number of aryl methyl sites for hydroxylation is 2. The molecule has 0 spiro atoms. The summed E-state index contributed by atoms with van der Waals surface area (Å²) < 4.78 is 0. The minimum Gasteiger partial charge on any atom is -0.481 e. The van der Waals surface area contributed by atoms with Gasteiger partial charge in [0.1, 0.15) is 5.41 Å². The van der Waals surface area contributed by atoms with Crippen LogP contribution in [0, 0.1) is 0 Å². The molecule has 25 heavy (non-hydrogen) atoms. The average molecular weight is 339 g/mol. The van der Waals surface area contributed by atoms with E-state index < -0.39 is 11.4 Å². The maximum atomic E-state index is 12.1. The van der Waals surface area contributed by atoms with Gasteiger partial charge >= 0.3 is 5.97 Å². The Morgan fingerprint density at radius 3 is 2.16 bits per heavy atom. The van der Waals surface area contributed by atoms with Gasteiger partial charge < -0.3 is 10.4 Å². The van der Waals surface area contributed by atoms with E-state index in [1.807, 2.05) is 18.2 Å². The molecule has 2 rings (SSSR count). The lowest BCUT2D eigenvalue weighted by Crippen LogP contribution is -2.44. The number of hydrogen-bond donors (Lipinski definition) is 2. The van der Waals surface area contributed by atoms with Crippen LogP contribution in [-0.2, 0) is 27.8 Å². The Hall–Kier alpha value is -2.62. The van der Waals surface area contributed by atoms with Crippen molar-refractivity contribution in [3.63, 3.8) is 0 Å². The summed E-state index contributed by atoms with van der Waals surface area (Å²) in [6.45, 7) is 3.81. The molecular formula is C21H25NO3.